The SMILES string of the molecule is O=C(CN1CCOC(CO)C1)Nc1ccc2c(c1)CCC2. The molecule has 0 radical (unpaired) electrons. The Balaban J connectivity index is 1.54. The van der Waals surface area contributed by atoms with Crippen LogP contribution in [0.3, 0.4) is 0 Å². The molecule has 0 bridgehead atoms. The third-order valence-electron chi connectivity index (χ3n) is 4.18. The van der Waals surface area contributed by atoms with Crippen molar-refractivity contribution in [3.05, 3.63) is 29.3 Å². The van der Waals surface area contributed by atoms with Crippen molar-refractivity contribution < 1.29 is 14.6 Å². The van der Waals surface area contributed by atoms with Crippen LogP contribution in [0.15, 0.2) is 18.2 Å². The van der Waals surface area contributed by atoms with Gasteiger partial charge in [-0.3, -0.25) is 9.69 Å². The Morgan fingerprint density at radius 1 is 1.38 bits per heavy atom. The smallest absolute Gasteiger partial charge is 0.238 e. The number of ether oxygens (including phenoxy) is 1. The first-order valence-corrected chi connectivity index (χ1v) is 7.61. The Labute approximate surface area is 124 Å². The molecule has 2 N–H and O–H groups in total. The van der Waals surface area contributed by atoms with Gasteiger partial charge in [-0.05, 0) is 42.5 Å². The number of hydrogen-bond donors (Lipinski definition) is 2. The molecule has 1 aliphatic carbocycles. The lowest BCUT2D eigenvalue weighted by Crippen LogP contribution is -2.46. The van der Waals surface area contributed by atoms with Crippen molar-refractivity contribution in [2.24, 2.45) is 0 Å². The topological polar surface area (TPSA) is 61.8 Å². The minimum Gasteiger partial charge on any atom is -0.394 e. The summed E-state index contributed by atoms with van der Waals surface area (Å²) in [5.74, 6) is -0.00784. The number of fused-ring (bicyclic) bond motifs is 1. The number of aliphatic hydroxyl groups is 1. The highest BCUT2D eigenvalue weighted by Gasteiger charge is 2.21. The summed E-state index contributed by atoms with van der Waals surface area (Å²) >= 11 is 0. The highest BCUT2D eigenvalue weighted by atomic mass is 16.5. The van der Waals surface area contributed by atoms with Crippen LogP contribution in [-0.2, 0) is 22.4 Å². The van der Waals surface area contributed by atoms with Crippen LogP contribution in [0.1, 0.15) is 17.5 Å². The van der Waals surface area contributed by atoms with Crippen molar-refractivity contribution in [2.45, 2.75) is 25.4 Å². The standard InChI is InChI=1S/C16H22N2O3/c19-11-15-9-18(6-7-21-15)10-16(20)17-14-5-4-12-2-1-3-13(12)8-14/h4-5,8,15,19H,1-3,6-7,9-11H2,(H,17,20). The Morgan fingerprint density at radius 2 is 2.24 bits per heavy atom. The molecule has 2 aliphatic rings. The van der Waals surface area contributed by atoms with E-state index in [4.69, 9.17) is 9.84 Å². The highest BCUT2D eigenvalue weighted by Crippen LogP contribution is 2.24. The average molecular weight is 290 g/mol. The molecule has 1 aromatic carbocycles. The van der Waals surface area contributed by atoms with Crippen LogP contribution in [0.4, 0.5) is 5.69 Å². The lowest BCUT2D eigenvalue weighted by atomic mass is 10.1. The van der Waals surface area contributed by atoms with Gasteiger partial charge in [0.1, 0.15) is 0 Å². The number of rotatable bonds is 4. The van der Waals surface area contributed by atoms with Gasteiger partial charge in [0.05, 0.1) is 25.9 Å². The molecule has 21 heavy (non-hydrogen) atoms. The van der Waals surface area contributed by atoms with Crippen LogP contribution in [-0.4, -0.2) is 54.9 Å². The molecule has 1 saturated heterocycles. The Hall–Kier alpha value is -1.43. The zero-order valence-corrected chi connectivity index (χ0v) is 12.2. The number of nitrogens with one attached hydrogen (secondary N) is 1. The monoisotopic (exact) mass is 290 g/mol. The van der Waals surface area contributed by atoms with E-state index in [1.807, 2.05) is 11.0 Å². The molecule has 1 fully saturated rings. The van der Waals surface area contributed by atoms with Crippen LogP contribution in [0.25, 0.3) is 0 Å². The van der Waals surface area contributed by atoms with Gasteiger partial charge in [-0.25, -0.2) is 0 Å². The number of aliphatic hydroxyl groups excluding tert-OH is 1. The van der Waals surface area contributed by atoms with Crippen molar-refractivity contribution in [3.8, 4) is 0 Å². The summed E-state index contributed by atoms with van der Waals surface area (Å²) < 4.78 is 5.38. The lowest BCUT2D eigenvalue weighted by molar-refractivity contribution is -0.120. The summed E-state index contributed by atoms with van der Waals surface area (Å²) in [5, 5.41) is 12.1. The van der Waals surface area contributed by atoms with Crippen molar-refractivity contribution in [1.82, 2.24) is 4.90 Å². The Bertz CT molecular complexity index is 518. The number of hydrogen-bond acceptors (Lipinski definition) is 4. The summed E-state index contributed by atoms with van der Waals surface area (Å²) in [5.41, 5.74) is 3.65. The largest absolute Gasteiger partial charge is 0.394 e. The van der Waals surface area contributed by atoms with Crippen LogP contribution in [0.5, 0.6) is 0 Å². The third-order valence-corrected chi connectivity index (χ3v) is 4.18. The first-order chi connectivity index (χ1) is 10.2. The number of amides is 1. The summed E-state index contributed by atoms with van der Waals surface area (Å²) in [6.45, 7) is 2.25. The number of aryl methyl sites for hydroxylation is 2. The second-order valence-corrected chi connectivity index (χ2v) is 5.80. The zero-order chi connectivity index (χ0) is 14.7. The van der Waals surface area contributed by atoms with Gasteiger partial charge in [0.25, 0.3) is 0 Å². The number of nitrogens with zero attached hydrogens (tertiary/aromatic N) is 1. The Kier molecular flexibility index (Phi) is 4.53. The van der Waals surface area contributed by atoms with Crippen molar-refractivity contribution in [2.75, 3.05) is 38.2 Å². The molecule has 3 rings (SSSR count). The molecule has 1 atom stereocenters. The molecule has 1 unspecified atom stereocenters. The molecule has 1 amide bonds. The van der Waals surface area contributed by atoms with Gasteiger partial charge in [-0.1, -0.05) is 6.07 Å². The molecular formula is C16H22N2O3. The normalized spacial score (nSPS) is 22.0. The summed E-state index contributed by atoms with van der Waals surface area (Å²) in [6.07, 6.45) is 3.30. The zero-order valence-electron chi connectivity index (χ0n) is 12.2. The molecule has 1 aliphatic heterocycles. The fraction of sp³-hybridized carbons (Fsp3) is 0.562. The molecule has 0 saturated carbocycles. The van der Waals surface area contributed by atoms with Gasteiger partial charge in [0.2, 0.25) is 5.91 Å². The maximum Gasteiger partial charge on any atom is 0.238 e. The van der Waals surface area contributed by atoms with Gasteiger partial charge in [0, 0.05) is 18.8 Å². The van der Waals surface area contributed by atoms with Gasteiger partial charge >= 0.3 is 0 Å². The van der Waals surface area contributed by atoms with Gasteiger partial charge in [-0.2, -0.15) is 0 Å². The fourth-order valence-corrected chi connectivity index (χ4v) is 3.09. The first kappa shape index (κ1) is 14.5. The van der Waals surface area contributed by atoms with E-state index in [9.17, 15) is 4.79 Å². The van der Waals surface area contributed by atoms with E-state index in [-0.39, 0.29) is 18.6 Å². The minimum absolute atomic E-state index is 0.00292. The van der Waals surface area contributed by atoms with E-state index in [0.717, 1.165) is 25.1 Å². The van der Waals surface area contributed by atoms with Crippen molar-refractivity contribution in [1.29, 1.82) is 0 Å². The third kappa shape index (κ3) is 3.61. The summed E-state index contributed by atoms with van der Waals surface area (Å²) in [4.78, 5) is 14.1. The predicted octanol–water partition coefficient (Wildman–Crippen LogP) is 0.807. The molecule has 5 nitrogen and oxygen atoms in total. The fourth-order valence-electron chi connectivity index (χ4n) is 3.09. The van der Waals surface area contributed by atoms with Gasteiger partial charge < -0.3 is 15.2 Å². The average Bonchev–Trinajstić information content (AvgIpc) is 2.95. The maximum atomic E-state index is 12.1. The first-order valence-electron chi connectivity index (χ1n) is 7.61. The number of morpholine rings is 1. The summed E-state index contributed by atoms with van der Waals surface area (Å²) in [7, 11) is 0. The summed E-state index contributed by atoms with van der Waals surface area (Å²) in [6, 6.07) is 6.20. The van der Waals surface area contributed by atoms with Crippen LogP contribution in [0, 0.1) is 0 Å². The number of benzene rings is 1. The number of carbonyl (C=O) groups is 1. The van der Waals surface area contributed by atoms with Crippen LogP contribution >= 0.6 is 0 Å². The second-order valence-electron chi connectivity index (χ2n) is 5.80. The predicted molar refractivity (Wildman–Crippen MR) is 80.4 cm³/mol. The molecule has 1 heterocycles. The number of anilines is 1. The van der Waals surface area contributed by atoms with E-state index in [2.05, 4.69) is 17.4 Å². The maximum absolute atomic E-state index is 12.1. The van der Waals surface area contributed by atoms with Crippen LogP contribution in [0.2, 0.25) is 0 Å². The quantitative estimate of drug-likeness (QED) is 0.861. The second kappa shape index (κ2) is 6.56. The molecule has 0 aromatic heterocycles. The molecule has 0 spiro atoms. The molecular weight excluding hydrogens is 268 g/mol. The van der Waals surface area contributed by atoms with E-state index in [1.165, 1.54) is 17.5 Å². The molecule has 114 valence electrons. The van der Waals surface area contributed by atoms with E-state index in [0.29, 0.717) is 19.7 Å². The lowest BCUT2D eigenvalue weighted by Gasteiger charge is -2.31. The molecule has 5 heteroatoms. The Morgan fingerprint density at radius 3 is 3.10 bits per heavy atom. The highest BCUT2D eigenvalue weighted by molar-refractivity contribution is 5.92. The van der Waals surface area contributed by atoms with E-state index in [1.54, 1.807) is 0 Å². The van der Waals surface area contributed by atoms with Crippen LogP contribution < -0.4 is 5.32 Å². The minimum atomic E-state index is -0.174. The van der Waals surface area contributed by atoms with Gasteiger partial charge in [0.15, 0.2) is 0 Å². The van der Waals surface area contributed by atoms with E-state index >= 15 is 0 Å². The molecule has 1 aromatic rings. The van der Waals surface area contributed by atoms with E-state index < -0.39 is 0 Å². The van der Waals surface area contributed by atoms with Crippen molar-refractivity contribution in [3.63, 3.8) is 0 Å². The van der Waals surface area contributed by atoms with Gasteiger partial charge in [-0.15, -0.1) is 0 Å². The number of carbonyl (C=O) groups excluding carboxylic acids is 1. The van der Waals surface area contributed by atoms with Crippen molar-refractivity contribution >= 4 is 11.6 Å².